The molecule has 0 aromatic rings. The first kappa shape index (κ1) is 16.9. The minimum atomic E-state index is 0. The summed E-state index contributed by atoms with van der Waals surface area (Å²) in [4.78, 5) is 4.98. The number of morpholine rings is 1. The molecular formula is C15H35N3O. The molecule has 0 unspecified atom stereocenters. The summed E-state index contributed by atoms with van der Waals surface area (Å²) in [6.45, 7) is 15.4. The van der Waals surface area contributed by atoms with E-state index in [9.17, 15) is 0 Å². The van der Waals surface area contributed by atoms with Gasteiger partial charge >= 0.3 is 0 Å². The number of ether oxygens (including phenoxy) is 1. The Morgan fingerprint density at radius 1 is 1.47 bits per heavy atom. The Hall–Kier alpha value is -0.160. The Bertz CT molecular complexity index is 229. The largest absolute Gasteiger partial charge is 0.374 e. The van der Waals surface area contributed by atoms with E-state index in [2.05, 4.69) is 42.9 Å². The molecule has 0 spiro atoms. The van der Waals surface area contributed by atoms with E-state index in [0.29, 0.717) is 6.10 Å². The van der Waals surface area contributed by atoms with Gasteiger partial charge in [-0.15, -0.1) is 0 Å². The molecular weight excluding hydrogens is 238 g/mol. The first-order valence-electron chi connectivity index (χ1n) is 7.85. The van der Waals surface area contributed by atoms with Gasteiger partial charge in [0.2, 0.25) is 0 Å². The van der Waals surface area contributed by atoms with Crippen LogP contribution in [0.3, 0.4) is 0 Å². The highest BCUT2D eigenvalue weighted by molar-refractivity contribution is 4.74. The summed E-state index contributed by atoms with van der Waals surface area (Å²) in [5.74, 6) is 0.751. The summed E-state index contributed by atoms with van der Waals surface area (Å²) in [7, 11) is 2.22. The van der Waals surface area contributed by atoms with Crippen molar-refractivity contribution < 1.29 is 6.16 Å². The van der Waals surface area contributed by atoms with Crippen LogP contribution >= 0.6 is 0 Å². The van der Waals surface area contributed by atoms with Crippen LogP contribution in [0.15, 0.2) is 0 Å². The van der Waals surface area contributed by atoms with Crippen molar-refractivity contribution in [3.63, 3.8) is 0 Å². The quantitative estimate of drug-likeness (QED) is 0.645. The van der Waals surface area contributed by atoms with Crippen LogP contribution in [0.2, 0.25) is 0 Å². The molecule has 1 aliphatic heterocycles. The first-order chi connectivity index (χ1) is 9.11. The van der Waals surface area contributed by atoms with E-state index in [1.54, 1.807) is 0 Å². The Labute approximate surface area is 121 Å². The van der Waals surface area contributed by atoms with Crippen LogP contribution < -0.4 is 5.32 Å². The second-order valence-corrected chi connectivity index (χ2v) is 6.15. The van der Waals surface area contributed by atoms with Gasteiger partial charge in [0.05, 0.1) is 12.7 Å². The Balaban J connectivity index is 0.00000361. The van der Waals surface area contributed by atoms with Crippen molar-refractivity contribution >= 4 is 0 Å². The van der Waals surface area contributed by atoms with E-state index in [-0.39, 0.29) is 1.43 Å². The topological polar surface area (TPSA) is 27.7 Å². The van der Waals surface area contributed by atoms with Crippen molar-refractivity contribution in [1.29, 1.82) is 0 Å². The molecule has 4 heteroatoms. The standard InChI is InChI=1S/C15H33N3O.H2/c1-5-6-16-11-15-13-18(9-10-19-15)8-7-17(4)12-14(2)3;/h14-16H,5-13H2,1-4H3;1H/t15-;/m0./s1. The fraction of sp³-hybridized carbons (Fsp3) is 1.00. The van der Waals surface area contributed by atoms with E-state index in [1.165, 1.54) is 13.0 Å². The van der Waals surface area contributed by atoms with Crippen LogP contribution in [0, 0.1) is 5.92 Å². The summed E-state index contributed by atoms with van der Waals surface area (Å²) in [5, 5.41) is 3.45. The van der Waals surface area contributed by atoms with Crippen LogP contribution in [0.25, 0.3) is 0 Å². The molecule has 0 saturated carbocycles. The summed E-state index contributed by atoms with van der Waals surface area (Å²) >= 11 is 0. The van der Waals surface area contributed by atoms with Crippen molar-refractivity contribution in [2.45, 2.75) is 33.3 Å². The van der Waals surface area contributed by atoms with Gasteiger partial charge in [0.25, 0.3) is 0 Å². The van der Waals surface area contributed by atoms with Crippen molar-refractivity contribution in [3.05, 3.63) is 0 Å². The van der Waals surface area contributed by atoms with Crippen molar-refractivity contribution in [2.24, 2.45) is 5.92 Å². The third-order valence-corrected chi connectivity index (χ3v) is 3.50. The van der Waals surface area contributed by atoms with Crippen LogP contribution in [-0.4, -0.2) is 75.4 Å². The van der Waals surface area contributed by atoms with E-state index in [0.717, 1.165) is 51.8 Å². The fourth-order valence-corrected chi connectivity index (χ4v) is 2.57. The SMILES string of the molecule is CCCNC[C@H]1CN(CCN(C)CC(C)C)CCO1.[HH]. The molecule has 0 radical (unpaired) electrons. The van der Waals surface area contributed by atoms with Gasteiger partial charge in [-0.3, -0.25) is 4.90 Å². The number of nitrogens with zero attached hydrogens (tertiary/aromatic N) is 2. The van der Waals surface area contributed by atoms with E-state index >= 15 is 0 Å². The maximum Gasteiger partial charge on any atom is 0.0826 e. The molecule has 4 nitrogen and oxygen atoms in total. The lowest BCUT2D eigenvalue weighted by Crippen LogP contribution is -2.48. The first-order valence-corrected chi connectivity index (χ1v) is 7.85. The molecule has 0 aliphatic carbocycles. The second-order valence-electron chi connectivity index (χ2n) is 6.15. The monoisotopic (exact) mass is 273 g/mol. The van der Waals surface area contributed by atoms with Crippen molar-refractivity contribution in [1.82, 2.24) is 15.1 Å². The molecule has 0 aromatic heterocycles. The van der Waals surface area contributed by atoms with Crippen LogP contribution in [-0.2, 0) is 4.74 Å². The third-order valence-electron chi connectivity index (χ3n) is 3.50. The normalized spacial score (nSPS) is 21.5. The Kier molecular flexibility index (Phi) is 8.62. The number of rotatable bonds is 9. The molecule has 1 N–H and O–H groups in total. The minimum absolute atomic E-state index is 0. The summed E-state index contributed by atoms with van der Waals surface area (Å²) < 4.78 is 5.81. The molecule has 0 aromatic carbocycles. The highest BCUT2D eigenvalue weighted by Crippen LogP contribution is 2.05. The predicted octanol–water partition coefficient (Wildman–Crippen LogP) is 1.52. The summed E-state index contributed by atoms with van der Waals surface area (Å²) in [6, 6.07) is 0. The Morgan fingerprint density at radius 2 is 2.26 bits per heavy atom. The van der Waals surface area contributed by atoms with Gasteiger partial charge in [0.15, 0.2) is 0 Å². The van der Waals surface area contributed by atoms with Gasteiger partial charge in [-0.2, -0.15) is 0 Å². The molecule has 116 valence electrons. The van der Waals surface area contributed by atoms with E-state index in [1.807, 2.05) is 0 Å². The predicted molar refractivity (Wildman–Crippen MR) is 83.8 cm³/mol. The number of hydrogen-bond donors (Lipinski definition) is 1. The molecule has 1 heterocycles. The maximum atomic E-state index is 5.81. The third kappa shape index (κ3) is 7.88. The van der Waals surface area contributed by atoms with Gasteiger partial charge in [-0.05, 0) is 25.9 Å². The fourth-order valence-electron chi connectivity index (χ4n) is 2.57. The highest BCUT2D eigenvalue weighted by Gasteiger charge is 2.19. The van der Waals surface area contributed by atoms with Gasteiger partial charge in [-0.1, -0.05) is 20.8 Å². The van der Waals surface area contributed by atoms with Gasteiger partial charge in [-0.25, -0.2) is 0 Å². The molecule has 1 atom stereocenters. The maximum absolute atomic E-state index is 5.81. The average Bonchev–Trinajstić information content (AvgIpc) is 2.36. The number of likely N-dealkylation sites (N-methyl/N-ethyl adjacent to an activating group) is 1. The van der Waals surface area contributed by atoms with Gasteiger partial charge < -0.3 is 15.0 Å². The lowest BCUT2D eigenvalue weighted by atomic mass is 10.2. The van der Waals surface area contributed by atoms with E-state index in [4.69, 9.17) is 4.74 Å². The van der Waals surface area contributed by atoms with Gasteiger partial charge in [0.1, 0.15) is 0 Å². The summed E-state index contributed by atoms with van der Waals surface area (Å²) in [6.07, 6.45) is 1.56. The lowest BCUT2D eigenvalue weighted by Gasteiger charge is -2.34. The number of hydrogen-bond acceptors (Lipinski definition) is 4. The molecule has 1 rings (SSSR count). The molecule has 19 heavy (non-hydrogen) atoms. The molecule has 1 aliphatic rings. The number of nitrogens with one attached hydrogen (secondary N) is 1. The highest BCUT2D eigenvalue weighted by atomic mass is 16.5. The molecule has 1 fully saturated rings. The van der Waals surface area contributed by atoms with Crippen LogP contribution in [0.5, 0.6) is 0 Å². The van der Waals surface area contributed by atoms with E-state index < -0.39 is 0 Å². The Morgan fingerprint density at radius 3 is 2.95 bits per heavy atom. The van der Waals surface area contributed by atoms with Crippen molar-refractivity contribution in [2.75, 3.05) is 59.5 Å². The summed E-state index contributed by atoms with van der Waals surface area (Å²) in [5.41, 5.74) is 0. The molecule has 0 amide bonds. The lowest BCUT2D eigenvalue weighted by molar-refractivity contribution is -0.0287. The van der Waals surface area contributed by atoms with Gasteiger partial charge in [0, 0.05) is 40.7 Å². The smallest absolute Gasteiger partial charge is 0.0826 e. The zero-order valence-electron chi connectivity index (χ0n) is 13.3. The zero-order valence-corrected chi connectivity index (χ0v) is 13.3. The molecule has 1 saturated heterocycles. The average molecular weight is 273 g/mol. The minimum Gasteiger partial charge on any atom is -0.374 e. The van der Waals surface area contributed by atoms with Crippen molar-refractivity contribution in [3.8, 4) is 0 Å². The second kappa shape index (κ2) is 9.70. The van der Waals surface area contributed by atoms with Crippen LogP contribution in [0.1, 0.15) is 28.6 Å². The van der Waals surface area contributed by atoms with Crippen LogP contribution in [0.4, 0.5) is 0 Å². The molecule has 0 bridgehead atoms. The zero-order chi connectivity index (χ0) is 14.1.